The van der Waals surface area contributed by atoms with E-state index in [0.717, 1.165) is 12.1 Å². The molecular formula is C14H14N2O6S. The molecule has 0 atom stereocenters. The Morgan fingerprint density at radius 2 is 1.78 bits per heavy atom. The molecule has 2 rings (SSSR count). The van der Waals surface area contributed by atoms with Crippen LogP contribution in [0.3, 0.4) is 0 Å². The molecule has 0 amide bonds. The molecule has 0 saturated heterocycles. The van der Waals surface area contributed by atoms with Crippen LogP contribution >= 0.6 is 0 Å². The van der Waals surface area contributed by atoms with Crippen LogP contribution in [-0.4, -0.2) is 20.5 Å². The lowest BCUT2D eigenvalue weighted by molar-refractivity contribution is -0.387. The van der Waals surface area contributed by atoms with Crippen molar-refractivity contribution in [1.82, 2.24) is 4.89 Å². The SMILES string of the molecule is COc1ccc(CONS(=O)(=O)c2ccccc2[N+](=O)[O-])cc1. The van der Waals surface area contributed by atoms with E-state index in [-0.39, 0.29) is 6.61 Å². The maximum atomic E-state index is 12.1. The Bertz CT molecular complexity index is 789. The predicted octanol–water partition coefficient (Wildman–Crippen LogP) is 2.01. The van der Waals surface area contributed by atoms with Gasteiger partial charge in [0.2, 0.25) is 0 Å². The molecule has 0 aliphatic heterocycles. The summed E-state index contributed by atoms with van der Waals surface area (Å²) >= 11 is 0. The molecule has 0 aliphatic rings. The largest absolute Gasteiger partial charge is 0.497 e. The molecule has 0 unspecified atom stereocenters. The number of nitro benzene ring substituents is 1. The van der Waals surface area contributed by atoms with Crippen LogP contribution in [0.25, 0.3) is 0 Å². The molecule has 0 heterocycles. The van der Waals surface area contributed by atoms with Gasteiger partial charge in [0.15, 0.2) is 4.90 Å². The maximum absolute atomic E-state index is 12.1. The summed E-state index contributed by atoms with van der Waals surface area (Å²) in [6.07, 6.45) is 0. The van der Waals surface area contributed by atoms with E-state index >= 15 is 0 Å². The first-order chi connectivity index (χ1) is 10.9. The molecule has 0 aromatic heterocycles. The van der Waals surface area contributed by atoms with E-state index in [1.165, 1.54) is 19.2 Å². The highest BCUT2D eigenvalue weighted by molar-refractivity contribution is 7.89. The van der Waals surface area contributed by atoms with Crippen molar-refractivity contribution < 1.29 is 22.9 Å². The van der Waals surface area contributed by atoms with Crippen LogP contribution in [0.15, 0.2) is 53.4 Å². The molecule has 0 spiro atoms. The van der Waals surface area contributed by atoms with Gasteiger partial charge in [0.05, 0.1) is 18.6 Å². The van der Waals surface area contributed by atoms with Crippen molar-refractivity contribution in [3.63, 3.8) is 0 Å². The van der Waals surface area contributed by atoms with E-state index in [1.807, 2.05) is 4.89 Å². The number of sulfonamides is 1. The Balaban J connectivity index is 2.05. The van der Waals surface area contributed by atoms with Crippen LogP contribution in [0.5, 0.6) is 5.75 Å². The minimum absolute atomic E-state index is 0.0378. The number of nitrogens with zero attached hydrogens (tertiary/aromatic N) is 1. The van der Waals surface area contributed by atoms with Crippen LogP contribution in [0.1, 0.15) is 5.56 Å². The fourth-order valence-electron chi connectivity index (χ4n) is 1.79. The number of methoxy groups -OCH3 is 1. The van der Waals surface area contributed by atoms with Gasteiger partial charge in [-0.15, -0.1) is 0 Å². The molecule has 2 aromatic rings. The molecule has 122 valence electrons. The van der Waals surface area contributed by atoms with Gasteiger partial charge in [0.1, 0.15) is 5.75 Å². The average Bonchev–Trinajstić information content (AvgIpc) is 2.55. The number of ether oxygens (including phenoxy) is 1. The second-order valence-electron chi connectivity index (χ2n) is 4.45. The predicted molar refractivity (Wildman–Crippen MR) is 81.2 cm³/mol. The van der Waals surface area contributed by atoms with Crippen molar-refractivity contribution in [2.75, 3.05) is 7.11 Å². The smallest absolute Gasteiger partial charge is 0.289 e. The van der Waals surface area contributed by atoms with Crippen molar-refractivity contribution in [3.05, 3.63) is 64.2 Å². The normalized spacial score (nSPS) is 11.2. The third kappa shape index (κ3) is 4.25. The van der Waals surface area contributed by atoms with Crippen LogP contribution < -0.4 is 9.62 Å². The lowest BCUT2D eigenvalue weighted by Gasteiger charge is -2.08. The number of nitrogens with one attached hydrogen (secondary N) is 1. The van der Waals surface area contributed by atoms with Crippen LogP contribution in [0.4, 0.5) is 5.69 Å². The van der Waals surface area contributed by atoms with E-state index in [2.05, 4.69) is 0 Å². The lowest BCUT2D eigenvalue weighted by Crippen LogP contribution is -2.24. The van der Waals surface area contributed by atoms with Crippen molar-refractivity contribution in [2.45, 2.75) is 11.5 Å². The van der Waals surface area contributed by atoms with E-state index in [0.29, 0.717) is 11.3 Å². The fourth-order valence-corrected chi connectivity index (χ4v) is 2.77. The molecule has 2 aromatic carbocycles. The standard InChI is InChI=1S/C14H14N2O6S/c1-21-12-8-6-11(7-9-12)10-22-15-23(19,20)14-5-3-2-4-13(14)16(17)18/h2-9,15H,10H2,1H3. The van der Waals surface area contributed by atoms with Gasteiger partial charge in [-0.1, -0.05) is 29.2 Å². The molecule has 0 fully saturated rings. The first-order valence-corrected chi connectivity index (χ1v) is 7.92. The monoisotopic (exact) mass is 338 g/mol. The molecule has 23 heavy (non-hydrogen) atoms. The zero-order valence-corrected chi connectivity index (χ0v) is 12.9. The number of hydrogen-bond donors (Lipinski definition) is 1. The Morgan fingerprint density at radius 3 is 2.39 bits per heavy atom. The summed E-state index contributed by atoms with van der Waals surface area (Å²) in [7, 11) is -2.62. The first-order valence-electron chi connectivity index (χ1n) is 6.44. The quantitative estimate of drug-likeness (QED) is 0.611. The topological polar surface area (TPSA) is 108 Å². The summed E-state index contributed by atoms with van der Waals surface area (Å²) in [6.45, 7) is -0.0378. The van der Waals surface area contributed by atoms with Gasteiger partial charge in [-0.25, -0.2) is 8.42 Å². The molecule has 0 bridgehead atoms. The van der Waals surface area contributed by atoms with Crippen molar-refractivity contribution in [1.29, 1.82) is 0 Å². The molecule has 9 heteroatoms. The number of nitro groups is 1. The summed E-state index contributed by atoms with van der Waals surface area (Å²) in [5.74, 6) is 0.661. The summed E-state index contributed by atoms with van der Waals surface area (Å²) < 4.78 is 29.2. The highest BCUT2D eigenvalue weighted by atomic mass is 32.2. The van der Waals surface area contributed by atoms with E-state index in [9.17, 15) is 18.5 Å². The van der Waals surface area contributed by atoms with Crippen LogP contribution in [0.2, 0.25) is 0 Å². The maximum Gasteiger partial charge on any atom is 0.289 e. The highest BCUT2D eigenvalue weighted by Crippen LogP contribution is 2.22. The summed E-state index contributed by atoms with van der Waals surface area (Å²) in [6, 6.07) is 11.8. The minimum Gasteiger partial charge on any atom is -0.497 e. The Morgan fingerprint density at radius 1 is 1.13 bits per heavy atom. The van der Waals surface area contributed by atoms with Gasteiger partial charge in [0.25, 0.3) is 15.7 Å². The first kappa shape index (κ1) is 16.9. The second kappa shape index (κ2) is 7.18. The van der Waals surface area contributed by atoms with Gasteiger partial charge >= 0.3 is 0 Å². The van der Waals surface area contributed by atoms with Crippen LogP contribution in [0, 0.1) is 10.1 Å². The minimum atomic E-state index is -4.16. The number of hydrogen-bond acceptors (Lipinski definition) is 6. The Kier molecular flexibility index (Phi) is 5.27. The third-order valence-electron chi connectivity index (χ3n) is 2.92. The van der Waals surface area contributed by atoms with E-state index in [4.69, 9.17) is 9.57 Å². The van der Waals surface area contributed by atoms with Gasteiger partial charge in [0, 0.05) is 6.07 Å². The molecule has 8 nitrogen and oxygen atoms in total. The van der Waals surface area contributed by atoms with Crippen molar-refractivity contribution in [2.24, 2.45) is 0 Å². The summed E-state index contributed by atoms with van der Waals surface area (Å²) in [5, 5.41) is 10.9. The highest BCUT2D eigenvalue weighted by Gasteiger charge is 2.25. The summed E-state index contributed by atoms with van der Waals surface area (Å²) in [5.41, 5.74) is 0.184. The Hall–Kier alpha value is -2.49. The molecule has 1 N–H and O–H groups in total. The number of rotatable bonds is 7. The number of benzene rings is 2. The summed E-state index contributed by atoms with van der Waals surface area (Å²) in [4.78, 5) is 16.5. The van der Waals surface area contributed by atoms with E-state index in [1.54, 1.807) is 24.3 Å². The fraction of sp³-hybridized carbons (Fsp3) is 0.143. The Labute approximate surface area is 132 Å². The van der Waals surface area contributed by atoms with E-state index < -0.39 is 25.5 Å². The lowest BCUT2D eigenvalue weighted by atomic mass is 10.2. The van der Waals surface area contributed by atoms with Crippen molar-refractivity contribution in [3.8, 4) is 5.75 Å². The molecule has 0 saturated carbocycles. The molecule has 0 radical (unpaired) electrons. The number of para-hydroxylation sites is 1. The average molecular weight is 338 g/mol. The van der Waals surface area contributed by atoms with Gasteiger partial charge in [-0.3, -0.25) is 15.0 Å². The zero-order chi connectivity index (χ0) is 16.9. The van der Waals surface area contributed by atoms with Gasteiger partial charge in [-0.2, -0.15) is 0 Å². The zero-order valence-electron chi connectivity index (χ0n) is 12.1. The van der Waals surface area contributed by atoms with Crippen molar-refractivity contribution >= 4 is 15.7 Å². The van der Waals surface area contributed by atoms with Gasteiger partial charge in [-0.05, 0) is 23.8 Å². The molecular weight excluding hydrogens is 324 g/mol. The molecule has 0 aliphatic carbocycles. The second-order valence-corrected chi connectivity index (χ2v) is 6.06. The third-order valence-corrected chi connectivity index (χ3v) is 4.18. The van der Waals surface area contributed by atoms with Gasteiger partial charge < -0.3 is 4.74 Å². The van der Waals surface area contributed by atoms with Crippen LogP contribution in [-0.2, 0) is 21.5 Å².